The number of benzene rings is 1. The molecule has 0 spiro atoms. The standard InChI is InChI=1S/C24H22N6OS/c25-9-8-24(13-29(14-24)23(31)20-6-3-11-32-20)30-12-18(16-4-1-2-5-19(16)30)21-17-7-10-26-22(17)28-15-27-21/h1-2,4-5,7,10,12,15,20H,3,6,8,11,13-14H2,(H,26,27,28)/t20-/m0/s1. The van der Waals surface area contributed by atoms with E-state index in [2.05, 4.69) is 43.9 Å². The Morgan fingerprint density at radius 2 is 2.12 bits per heavy atom. The Balaban J connectivity index is 1.44. The first-order valence-electron chi connectivity index (χ1n) is 10.9. The molecule has 0 aliphatic carbocycles. The van der Waals surface area contributed by atoms with Gasteiger partial charge in [0.05, 0.1) is 29.0 Å². The molecule has 1 N–H and O–H groups in total. The third-order valence-corrected chi connectivity index (χ3v) is 8.09. The minimum absolute atomic E-state index is 0.0787. The molecule has 2 aliphatic rings. The van der Waals surface area contributed by atoms with Crippen LogP contribution in [-0.4, -0.2) is 54.4 Å². The van der Waals surface area contributed by atoms with Crippen molar-refractivity contribution in [3.63, 3.8) is 0 Å². The highest BCUT2D eigenvalue weighted by atomic mass is 32.2. The Labute approximate surface area is 189 Å². The molecule has 0 radical (unpaired) electrons. The van der Waals surface area contributed by atoms with Crippen molar-refractivity contribution in [2.24, 2.45) is 0 Å². The maximum atomic E-state index is 13.0. The zero-order valence-electron chi connectivity index (χ0n) is 17.5. The Morgan fingerprint density at radius 3 is 2.94 bits per heavy atom. The van der Waals surface area contributed by atoms with Crippen LogP contribution in [0.15, 0.2) is 49.1 Å². The first-order chi connectivity index (χ1) is 15.7. The largest absolute Gasteiger partial charge is 0.346 e. The number of thioether (sulfide) groups is 1. The maximum Gasteiger partial charge on any atom is 0.235 e. The first kappa shape index (κ1) is 19.4. The molecule has 2 saturated heterocycles. The highest BCUT2D eigenvalue weighted by molar-refractivity contribution is 8.00. The number of hydrogen-bond donors (Lipinski definition) is 1. The smallest absolute Gasteiger partial charge is 0.235 e. The van der Waals surface area contributed by atoms with Gasteiger partial charge in [0.25, 0.3) is 0 Å². The van der Waals surface area contributed by atoms with Gasteiger partial charge in [0, 0.05) is 47.3 Å². The fourth-order valence-electron chi connectivity index (χ4n) is 5.14. The van der Waals surface area contributed by atoms with Crippen molar-refractivity contribution < 1.29 is 4.79 Å². The predicted molar refractivity (Wildman–Crippen MR) is 125 cm³/mol. The van der Waals surface area contributed by atoms with Gasteiger partial charge in [-0.25, -0.2) is 9.97 Å². The number of rotatable bonds is 4. The van der Waals surface area contributed by atoms with Crippen molar-refractivity contribution in [3.05, 3.63) is 49.1 Å². The summed E-state index contributed by atoms with van der Waals surface area (Å²) in [5, 5.41) is 11.8. The topological polar surface area (TPSA) is 90.6 Å². The molecule has 0 bridgehead atoms. The van der Waals surface area contributed by atoms with Gasteiger partial charge in [-0.3, -0.25) is 4.79 Å². The van der Waals surface area contributed by atoms with Gasteiger partial charge in [-0.1, -0.05) is 18.2 Å². The van der Waals surface area contributed by atoms with Gasteiger partial charge in [0.2, 0.25) is 5.91 Å². The van der Waals surface area contributed by atoms with E-state index < -0.39 is 5.54 Å². The second kappa shape index (κ2) is 7.38. The van der Waals surface area contributed by atoms with E-state index in [1.807, 2.05) is 29.3 Å². The van der Waals surface area contributed by atoms with Crippen molar-refractivity contribution in [2.45, 2.75) is 30.1 Å². The highest BCUT2D eigenvalue weighted by Crippen LogP contribution is 2.42. The lowest BCUT2D eigenvalue weighted by atomic mass is 9.85. The van der Waals surface area contributed by atoms with Crippen LogP contribution in [0.1, 0.15) is 19.3 Å². The number of aromatic amines is 1. The average molecular weight is 443 g/mol. The molecular weight excluding hydrogens is 420 g/mol. The van der Waals surface area contributed by atoms with Crippen LogP contribution in [0, 0.1) is 11.3 Å². The number of para-hydroxylation sites is 1. The van der Waals surface area contributed by atoms with Gasteiger partial charge in [-0.15, -0.1) is 11.8 Å². The van der Waals surface area contributed by atoms with E-state index in [4.69, 9.17) is 0 Å². The number of nitrogens with one attached hydrogen (secondary N) is 1. The van der Waals surface area contributed by atoms with Crippen molar-refractivity contribution in [1.29, 1.82) is 5.26 Å². The number of hydrogen-bond acceptors (Lipinski definition) is 5. The van der Waals surface area contributed by atoms with E-state index in [1.165, 1.54) is 0 Å². The van der Waals surface area contributed by atoms with E-state index in [0.717, 1.165) is 51.8 Å². The van der Waals surface area contributed by atoms with Gasteiger partial charge >= 0.3 is 0 Å². The lowest BCUT2D eigenvalue weighted by molar-refractivity contribution is -0.141. The summed E-state index contributed by atoms with van der Waals surface area (Å²) in [4.78, 5) is 27.0. The molecule has 2 aliphatic heterocycles. The van der Waals surface area contributed by atoms with Crippen LogP contribution in [0.3, 0.4) is 0 Å². The Kier molecular flexibility index (Phi) is 4.47. The number of nitrogens with zero attached hydrogens (tertiary/aromatic N) is 5. The fourth-order valence-corrected chi connectivity index (χ4v) is 6.38. The van der Waals surface area contributed by atoms with Crippen molar-refractivity contribution in [2.75, 3.05) is 18.8 Å². The molecule has 7 nitrogen and oxygen atoms in total. The van der Waals surface area contributed by atoms with Gasteiger partial charge in [-0.2, -0.15) is 5.26 Å². The predicted octanol–water partition coefficient (Wildman–Crippen LogP) is 3.93. The van der Waals surface area contributed by atoms with Crippen LogP contribution >= 0.6 is 11.8 Å². The molecule has 1 aromatic carbocycles. The number of likely N-dealkylation sites (tertiary alicyclic amines) is 1. The van der Waals surface area contributed by atoms with Crippen LogP contribution in [0.25, 0.3) is 33.2 Å². The summed E-state index contributed by atoms with van der Waals surface area (Å²) in [6.07, 6.45) is 7.99. The Morgan fingerprint density at radius 1 is 1.25 bits per heavy atom. The molecule has 32 heavy (non-hydrogen) atoms. The molecular formula is C24H22N6OS. The fraction of sp³-hybridized carbons (Fsp3) is 0.333. The molecule has 2 fully saturated rings. The number of amides is 1. The van der Waals surface area contributed by atoms with Gasteiger partial charge in [-0.05, 0) is 30.7 Å². The monoisotopic (exact) mass is 442 g/mol. The quantitative estimate of drug-likeness (QED) is 0.517. The van der Waals surface area contributed by atoms with Crippen molar-refractivity contribution in [3.8, 4) is 17.3 Å². The number of H-pyrrole nitrogens is 1. The van der Waals surface area contributed by atoms with Crippen LogP contribution in [0.5, 0.6) is 0 Å². The summed E-state index contributed by atoms with van der Waals surface area (Å²) in [6, 6.07) is 12.6. The van der Waals surface area contributed by atoms with Crippen molar-refractivity contribution >= 4 is 39.6 Å². The maximum absolute atomic E-state index is 13.0. The van der Waals surface area contributed by atoms with E-state index in [1.54, 1.807) is 18.1 Å². The number of fused-ring (bicyclic) bond motifs is 2. The summed E-state index contributed by atoms with van der Waals surface area (Å²) < 4.78 is 2.22. The van der Waals surface area contributed by atoms with E-state index >= 15 is 0 Å². The number of carbonyl (C=O) groups excluding carboxylic acids is 1. The molecule has 8 heteroatoms. The molecule has 5 heterocycles. The van der Waals surface area contributed by atoms with E-state index in [9.17, 15) is 10.1 Å². The summed E-state index contributed by atoms with van der Waals surface area (Å²) in [5.74, 6) is 1.29. The number of carbonyl (C=O) groups is 1. The van der Waals surface area contributed by atoms with Crippen LogP contribution in [-0.2, 0) is 10.3 Å². The van der Waals surface area contributed by atoms with Crippen LogP contribution in [0.2, 0.25) is 0 Å². The second-order valence-electron chi connectivity index (χ2n) is 8.65. The summed E-state index contributed by atoms with van der Waals surface area (Å²) in [6.45, 7) is 1.13. The molecule has 6 rings (SSSR count). The van der Waals surface area contributed by atoms with E-state index in [0.29, 0.717) is 19.5 Å². The molecule has 1 amide bonds. The zero-order valence-corrected chi connectivity index (χ0v) is 18.3. The zero-order chi connectivity index (χ0) is 21.7. The minimum Gasteiger partial charge on any atom is -0.346 e. The summed E-state index contributed by atoms with van der Waals surface area (Å²) in [5.41, 5.74) is 3.32. The van der Waals surface area contributed by atoms with Crippen LogP contribution in [0.4, 0.5) is 0 Å². The van der Waals surface area contributed by atoms with Gasteiger partial charge in [0.15, 0.2) is 0 Å². The lowest BCUT2D eigenvalue weighted by Gasteiger charge is -2.51. The molecule has 1 atom stereocenters. The van der Waals surface area contributed by atoms with Gasteiger partial charge < -0.3 is 14.5 Å². The Hall–Kier alpha value is -3.31. The normalized spacial score (nSPS) is 19.8. The molecule has 160 valence electrons. The lowest BCUT2D eigenvalue weighted by Crippen LogP contribution is -2.65. The third kappa shape index (κ3) is 2.84. The highest BCUT2D eigenvalue weighted by Gasteiger charge is 2.48. The summed E-state index contributed by atoms with van der Waals surface area (Å²) in [7, 11) is 0. The first-order valence-corrected chi connectivity index (χ1v) is 11.9. The molecule has 4 aromatic rings. The van der Waals surface area contributed by atoms with Gasteiger partial charge in [0.1, 0.15) is 12.0 Å². The average Bonchev–Trinajstić information content (AvgIpc) is 3.55. The molecule has 0 saturated carbocycles. The number of aromatic nitrogens is 4. The molecule has 3 aromatic heterocycles. The van der Waals surface area contributed by atoms with E-state index in [-0.39, 0.29) is 11.2 Å². The number of nitriles is 1. The Bertz CT molecular complexity index is 1370. The SMILES string of the molecule is N#CCC1(n2cc(-c3ncnc4[nH]ccc34)c3ccccc32)CN(C(=O)[C@@H]2CCCS2)C1. The molecule has 0 unspecified atom stereocenters. The second-order valence-corrected chi connectivity index (χ2v) is 9.96. The van der Waals surface area contributed by atoms with Crippen LogP contribution < -0.4 is 0 Å². The minimum atomic E-state index is -0.421. The van der Waals surface area contributed by atoms with Crippen molar-refractivity contribution in [1.82, 2.24) is 24.4 Å². The summed E-state index contributed by atoms with van der Waals surface area (Å²) >= 11 is 1.76. The third-order valence-electron chi connectivity index (χ3n) is 6.73.